The molecule has 0 bridgehead atoms. The van der Waals surface area contributed by atoms with Gasteiger partial charge >= 0.3 is 5.97 Å². The number of rotatable bonds is 1. The van der Waals surface area contributed by atoms with E-state index in [1.807, 2.05) is 0 Å². The standard InChI is InChI=1S/C13H24O2/c1-9-6-7-13(11(14)15,8-10(9)2)12(3,4)5/h9-10H,6-8H2,1-5H3,(H,14,15). The van der Waals surface area contributed by atoms with Crippen LogP contribution in [0.2, 0.25) is 0 Å². The lowest BCUT2D eigenvalue weighted by Gasteiger charge is -2.47. The summed E-state index contributed by atoms with van der Waals surface area (Å²) in [6.45, 7) is 10.6. The second kappa shape index (κ2) is 3.80. The van der Waals surface area contributed by atoms with Crippen LogP contribution in [0.5, 0.6) is 0 Å². The largest absolute Gasteiger partial charge is 0.481 e. The van der Waals surface area contributed by atoms with Gasteiger partial charge in [-0.1, -0.05) is 34.6 Å². The minimum Gasteiger partial charge on any atom is -0.481 e. The third-order valence-corrected chi connectivity index (χ3v) is 4.51. The molecular weight excluding hydrogens is 188 g/mol. The summed E-state index contributed by atoms with van der Waals surface area (Å²) in [6.07, 6.45) is 2.70. The van der Waals surface area contributed by atoms with Crippen molar-refractivity contribution in [2.45, 2.75) is 53.9 Å². The molecule has 1 N–H and O–H groups in total. The molecule has 0 aromatic rings. The monoisotopic (exact) mass is 212 g/mol. The summed E-state index contributed by atoms with van der Waals surface area (Å²) < 4.78 is 0. The van der Waals surface area contributed by atoms with Gasteiger partial charge < -0.3 is 5.11 Å². The first-order valence-electron chi connectivity index (χ1n) is 5.94. The second-order valence-electron chi connectivity index (χ2n) is 6.33. The predicted molar refractivity (Wildman–Crippen MR) is 61.7 cm³/mol. The van der Waals surface area contributed by atoms with Crippen LogP contribution in [0.3, 0.4) is 0 Å². The van der Waals surface area contributed by atoms with Crippen molar-refractivity contribution in [2.24, 2.45) is 22.7 Å². The highest BCUT2D eigenvalue weighted by atomic mass is 16.4. The van der Waals surface area contributed by atoms with Gasteiger partial charge in [0.2, 0.25) is 0 Å². The molecule has 3 atom stereocenters. The van der Waals surface area contributed by atoms with E-state index < -0.39 is 11.4 Å². The van der Waals surface area contributed by atoms with Gasteiger partial charge in [-0.3, -0.25) is 4.79 Å². The molecule has 1 aliphatic rings. The highest BCUT2D eigenvalue weighted by Crippen LogP contribution is 2.52. The highest BCUT2D eigenvalue weighted by molar-refractivity contribution is 5.75. The Labute approximate surface area is 93.1 Å². The maximum absolute atomic E-state index is 11.6. The first-order valence-corrected chi connectivity index (χ1v) is 5.94. The summed E-state index contributed by atoms with van der Waals surface area (Å²) in [5.74, 6) is 0.586. The maximum Gasteiger partial charge on any atom is 0.310 e. The van der Waals surface area contributed by atoms with Crippen molar-refractivity contribution in [3.05, 3.63) is 0 Å². The van der Waals surface area contributed by atoms with Crippen LogP contribution in [0, 0.1) is 22.7 Å². The van der Waals surface area contributed by atoms with Crippen LogP contribution >= 0.6 is 0 Å². The van der Waals surface area contributed by atoms with Crippen LogP contribution in [0.4, 0.5) is 0 Å². The third-order valence-electron chi connectivity index (χ3n) is 4.51. The zero-order valence-corrected chi connectivity index (χ0v) is 10.6. The van der Waals surface area contributed by atoms with E-state index in [1.54, 1.807) is 0 Å². The van der Waals surface area contributed by atoms with E-state index in [0.717, 1.165) is 19.3 Å². The number of hydrogen-bond donors (Lipinski definition) is 1. The Morgan fingerprint density at radius 3 is 2.13 bits per heavy atom. The summed E-state index contributed by atoms with van der Waals surface area (Å²) in [6, 6.07) is 0. The fourth-order valence-electron chi connectivity index (χ4n) is 2.81. The van der Waals surface area contributed by atoms with Crippen molar-refractivity contribution in [2.75, 3.05) is 0 Å². The predicted octanol–water partition coefficient (Wildman–Crippen LogP) is 3.56. The van der Waals surface area contributed by atoms with Gasteiger partial charge in [-0.15, -0.1) is 0 Å². The van der Waals surface area contributed by atoms with Gasteiger partial charge in [0, 0.05) is 0 Å². The summed E-state index contributed by atoms with van der Waals surface area (Å²) >= 11 is 0. The van der Waals surface area contributed by atoms with Gasteiger partial charge in [-0.2, -0.15) is 0 Å². The Bertz CT molecular complexity index is 252. The van der Waals surface area contributed by atoms with Crippen LogP contribution in [-0.4, -0.2) is 11.1 Å². The maximum atomic E-state index is 11.6. The molecule has 1 fully saturated rings. The smallest absolute Gasteiger partial charge is 0.310 e. The van der Waals surface area contributed by atoms with Crippen molar-refractivity contribution in [1.82, 2.24) is 0 Å². The summed E-state index contributed by atoms with van der Waals surface area (Å²) in [4.78, 5) is 11.6. The van der Waals surface area contributed by atoms with Gasteiger partial charge in [-0.25, -0.2) is 0 Å². The molecule has 0 aromatic heterocycles. The lowest BCUT2D eigenvalue weighted by Crippen LogP contribution is -2.47. The molecule has 0 amide bonds. The van der Waals surface area contributed by atoms with E-state index in [4.69, 9.17) is 0 Å². The van der Waals surface area contributed by atoms with Crippen LogP contribution in [0.1, 0.15) is 53.9 Å². The molecule has 88 valence electrons. The minimum absolute atomic E-state index is 0.146. The molecule has 3 unspecified atom stereocenters. The lowest BCUT2D eigenvalue weighted by atomic mass is 9.55. The number of carboxylic acid groups (broad SMARTS) is 1. The first kappa shape index (κ1) is 12.5. The molecule has 0 aliphatic heterocycles. The molecule has 1 rings (SSSR count). The number of hydrogen-bond acceptors (Lipinski definition) is 1. The van der Waals surface area contributed by atoms with E-state index in [9.17, 15) is 9.90 Å². The molecule has 1 saturated carbocycles. The van der Waals surface area contributed by atoms with E-state index in [1.165, 1.54) is 0 Å². The molecule has 0 aromatic carbocycles. The van der Waals surface area contributed by atoms with Crippen LogP contribution in [-0.2, 0) is 4.79 Å². The molecule has 15 heavy (non-hydrogen) atoms. The Kier molecular flexibility index (Phi) is 3.18. The van der Waals surface area contributed by atoms with Gasteiger partial charge in [0.05, 0.1) is 5.41 Å². The fraction of sp³-hybridized carbons (Fsp3) is 0.923. The summed E-state index contributed by atoms with van der Waals surface area (Å²) in [7, 11) is 0. The minimum atomic E-state index is -0.603. The van der Waals surface area contributed by atoms with Crippen molar-refractivity contribution < 1.29 is 9.90 Å². The van der Waals surface area contributed by atoms with E-state index >= 15 is 0 Å². The third kappa shape index (κ3) is 2.04. The second-order valence-corrected chi connectivity index (χ2v) is 6.33. The summed E-state index contributed by atoms with van der Waals surface area (Å²) in [5.41, 5.74) is -0.661. The van der Waals surface area contributed by atoms with Gasteiger partial charge in [0.25, 0.3) is 0 Å². The van der Waals surface area contributed by atoms with Crippen molar-refractivity contribution in [3.63, 3.8) is 0 Å². The quantitative estimate of drug-likeness (QED) is 0.721. The number of aliphatic carboxylic acids is 1. The molecule has 1 aliphatic carbocycles. The first-order chi connectivity index (χ1) is 6.71. The van der Waals surface area contributed by atoms with Gasteiger partial charge in [-0.05, 0) is 36.5 Å². The van der Waals surface area contributed by atoms with Crippen molar-refractivity contribution in [3.8, 4) is 0 Å². The average Bonchev–Trinajstić information content (AvgIpc) is 2.07. The van der Waals surface area contributed by atoms with Crippen molar-refractivity contribution >= 4 is 5.97 Å². The van der Waals surface area contributed by atoms with Crippen LogP contribution in [0.15, 0.2) is 0 Å². The van der Waals surface area contributed by atoms with Crippen LogP contribution in [0.25, 0.3) is 0 Å². The Morgan fingerprint density at radius 1 is 1.27 bits per heavy atom. The Hall–Kier alpha value is -0.530. The van der Waals surface area contributed by atoms with E-state index in [2.05, 4.69) is 34.6 Å². The lowest BCUT2D eigenvalue weighted by molar-refractivity contribution is -0.162. The Balaban J connectivity index is 3.00. The molecule has 0 spiro atoms. The molecule has 0 radical (unpaired) electrons. The summed E-state index contributed by atoms with van der Waals surface area (Å²) in [5, 5.41) is 9.53. The van der Waals surface area contributed by atoms with E-state index in [-0.39, 0.29) is 5.41 Å². The zero-order chi connectivity index (χ0) is 11.9. The Morgan fingerprint density at radius 2 is 1.80 bits per heavy atom. The molecule has 2 nitrogen and oxygen atoms in total. The topological polar surface area (TPSA) is 37.3 Å². The molecule has 0 saturated heterocycles. The molecular formula is C13H24O2. The van der Waals surface area contributed by atoms with Crippen LogP contribution < -0.4 is 0 Å². The number of carbonyl (C=O) groups is 1. The van der Waals surface area contributed by atoms with Gasteiger partial charge in [0.1, 0.15) is 0 Å². The van der Waals surface area contributed by atoms with Crippen molar-refractivity contribution in [1.29, 1.82) is 0 Å². The van der Waals surface area contributed by atoms with E-state index in [0.29, 0.717) is 11.8 Å². The number of carboxylic acids is 1. The zero-order valence-electron chi connectivity index (χ0n) is 10.6. The average molecular weight is 212 g/mol. The molecule has 2 heteroatoms. The molecule has 0 heterocycles. The SMILES string of the molecule is CC1CCC(C(=O)O)(C(C)(C)C)CC1C. The van der Waals surface area contributed by atoms with Gasteiger partial charge in [0.15, 0.2) is 0 Å². The highest BCUT2D eigenvalue weighted by Gasteiger charge is 2.51. The normalized spacial score (nSPS) is 37.7. The fourth-order valence-corrected chi connectivity index (χ4v) is 2.81.